The Morgan fingerprint density at radius 1 is 0.977 bits per heavy atom. The van der Waals surface area contributed by atoms with E-state index in [0.717, 1.165) is 17.5 Å². The zero-order chi connectivity index (χ0) is 31.9. The number of primary amides is 1. The van der Waals surface area contributed by atoms with Gasteiger partial charge in [-0.15, -0.1) is 0 Å². The van der Waals surface area contributed by atoms with E-state index < -0.39 is 47.9 Å². The Hall–Kier alpha value is -4.29. The van der Waals surface area contributed by atoms with Gasteiger partial charge in [-0.25, -0.2) is 4.79 Å². The molecule has 0 saturated carbocycles. The molecule has 2 amide bonds. The smallest absolute Gasteiger partial charge is 0.326 e. The van der Waals surface area contributed by atoms with E-state index in [-0.39, 0.29) is 37.2 Å². The minimum atomic E-state index is -1.17. The lowest BCUT2D eigenvalue weighted by Gasteiger charge is -2.25. The molecule has 1 aliphatic rings. The first-order valence-electron chi connectivity index (χ1n) is 14.2. The Morgan fingerprint density at radius 3 is 2.09 bits per heavy atom. The first-order chi connectivity index (χ1) is 20.5. The number of likely N-dealkylation sites (N-methyl/N-ethyl adjacent to an activating group) is 1. The molecule has 5 atom stereocenters. The van der Waals surface area contributed by atoms with E-state index >= 15 is 0 Å². The minimum absolute atomic E-state index is 0.00165. The first-order valence-corrected chi connectivity index (χ1v) is 14.2. The molecule has 7 N–H and O–H groups in total. The summed E-state index contributed by atoms with van der Waals surface area (Å²) in [5.41, 5.74) is 6.95. The summed E-state index contributed by atoms with van der Waals surface area (Å²) in [6.07, 6.45) is 0.706. The normalized spacial score (nSPS) is 18.0. The van der Waals surface area contributed by atoms with E-state index in [0.29, 0.717) is 6.54 Å². The van der Waals surface area contributed by atoms with Gasteiger partial charge in [0.15, 0.2) is 0 Å². The lowest BCUT2D eigenvalue weighted by molar-refractivity contribution is -0.158. The van der Waals surface area contributed by atoms with Crippen LogP contribution in [0.15, 0.2) is 60.7 Å². The molecule has 1 aliphatic heterocycles. The molecule has 0 aromatic heterocycles. The summed E-state index contributed by atoms with van der Waals surface area (Å²) >= 11 is 0. The van der Waals surface area contributed by atoms with Gasteiger partial charge in [-0.3, -0.25) is 19.2 Å². The van der Waals surface area contributed by atoms with Crippen LogP contribution in [0.2, 0.25) is 0 Å². The topological polar surface area (TPSA) is 197 Å². The molecule has 12 heteroatoms. The molecule has 2 aromatic rings. The molecule has 2 aromatic carbocycles. The van der Waals surface area contributed by atoms with Gasteiger partial charge >= 0.3 is 17.9 Å². The number of hydrogen-bond donors (Lipinski definition) is 6. The van der Waals surface area contributed by atoms with Crippen molar-refractivity contribution in [3.8, 4) is 0 Å². The lowest BCUT2D eigenvalue weighted by atomic mass is 9.88. The van der Waals surface area contributed by atoms with Crippen molar-refractivity contribution in [3.05, 3.63) is 71.8 Å². The lowest BCUT2D eigenvalue weighted by Crippen LogP contribution is -2.50. The summed E-state index contributed by atoms with van der Waals surface area (Å²) < 4.78 is 5.24. The van der Waals surface area contributed by atoms with E-state index in [1.54, 1.807) is 0 Å². The number of carboxylic acids is 2. The highest BCUT2D eigenvalue weighted by Crippen LogP contribution is 2.27. The van der Waals surface area contributed by atoms with Crippen LogP contribution in [0.5, 0.6) is 0 Å². The second-order valence-electron chi connectivity index (χ2n) is 10.6. The molecule has 1 saturated heterocycles. The summed E-state index contributed by atoms with van der Waals surface area (Å²) in [7, 11) is 1.53. The van der Waals surface area contributed by atoms with Gasteiger partial charge in [0, 0.05) is 12.3 Å². The molecular formula is C31H42N4O8. The van der Waals surface area contributed by atoms with E-state index in [1.807, 2.05) is 74.5 Å². The predicted octanol–water partition coefficient (Wildman–Crippen LogP) is 1.64. The number of aliphatic carboxylic acids is 2. The van der Waals surface area contributed by atoms with Crippen LogP contribution in [0.1, 0.15) is 50.2 Å². The number of carboxylic acid groups (broad SMARTS) is 2. The maximum absolute atomic E-state index is 12.4. The highest BCUT2D eigenvalue weighted by Gasteiger charge is 2.37. The molecule has 12 nitrogen and oxygen atoms in total. The third-order valence-electron chi connectivity index (χ3n) is 7.18. The van der Waals surface area contributed by atoms with Crippen molar-refractivity contribution in [2.45, 2.75) is 63.8 Å². The minimum Gasteiger partial charge on any atom is -0.480 e. The number of rotatable bonds is 14. The van der Waals surface area contributed by atoms with Gasteiger partial charge < -0.3 is 36.6 Å². The average molecular weight is 599 g/mol. The van der Waals surface area contributed by atoms with E-state index in [2.05, 4.69) is 16.0 Å². The molecule has 43 heavy (non-hydrogen) atoms. The number of amides is 2. The largest absolute Gasteiger partial charge is 0.480 e. The van der Waals surface area contributed by atoms with Crippen molar-refractivity contribution in [1.29, 1.82) is 0 Å². The van der Waals surface area contributed by atoms with Crippen molar-refractivity contribution < 1.29 is 38.9 Å². The fourth-order valence-electron chi connectivity index (χ4n) is 4.92. The maximum Gasteiger partial charge on any atom is 0.326 e. The monoisotopic (exact) mass is 598 g/mol. The van der Waals surface area contributed by atoms with Crippen LogP contribution >= 0.6 is 0 Å². The SMILES string of the molecule is CN[C@H](C(=O)O)C(C(=O)OCc1ccccc1)C(C)C.NC(=O)CC[C@H](NC(=O)C1NCC[C@@H]1c1ccccc1)C(=O)O. The zero-order valence-corrected chi connectivity index (χ0v) is 24.7. The third-order valence-corrected chi connectivity index (χ3v) is 7.18. The average Bonchev–Trinajstić information content (AvgIpc) is 3.48. The first kappa shape index (κ1) is 34.9. The Bertz CT molecular complexity index is 1210. The van der Waals surface area contributed by atoms with E-state index in [1.165, 1.54) is 7.05 Å². The summed E-state index contributed by atoms with van der Waals surface area (Å²) in [4.78, 5) is 57.8. The molecule has 0 spiro atoms. The van der Waals surface area contributed by atoms with E-state index in [9.17, 15) is 29.1 Å². The summed E-state index contributed by atoms with van der Waals surface area (Å²) in [6.45, 7) is 4.46. The molecule has 0 radical (unpaired) electrons. The molecule has 1 heterocycles. The number of benzene rings is 2. The van der Waals surface area contributed by atoms with Crippen LogP contribution < -0.4 is 21.7 Å². The van der Waals surface area contributed by atoms with Gasteiger partial charge in [0.1, 0.15) is 18.7 Å². The van der Waals surface area contributed by atoms with Crippen LogP contribution in [0.25, 0.3) is 0 Å². The van der Waals surface area contributed by atoms with Crippen LogP contribution in [0.4, 0.5) is 0 Å². The number of nitrogens with two attached hydrogens (primary N) is 1. The molecule has 1 fully saturated rings. The van der Waals surface area contributed by atoms with Crippen molar-refractivity contribution in [2.24, 2.45) is 17.6 Å². The predicted molar refractivity (Wildman–Crippen MR) is 159 cm³/mol. The van der Waals surface area contributed by atoms with Crippen molar-refractivity contribution in [1.82, 2.24) is 16.0 Å². The van der Waals surface area contributed by atoms with Gasteiger partial charge in [-0.2, -0.15) is 0 Å². The number of hydrogen-bond acceptors (Lipinski definition) is 8. The second kappa shape index (κ2) is 17.6. The zero-order valence-electron chi connectivity index (χ0n) is 24.7. The fraction of sp³-hybridized carbons (Fsp3) is 0.452. The standard InChI is InChI=1S/C16H21N3O4.C15H21NO4/c17-13(20)7-6-12(16(22)23)19-15(21)14-11(8-9-18-14)10-4-2-1-3-5-10;1-10(2)12(13(16-3)14(17)18)15(19)20-9-11-7-5-4-6-8-11/h1-5,11-12,14,18H,6-9H2,(H2,17,20)(H,19,21)(H,22,23);4-8,10,12-13,16H,9H2,1-3H3,(H,17,18)/t11-,12+,14?;12?,13-/m10/s1. The fourth-order valence-corrected chi connectivity index (χ4v) is 4.92. The maximum atomic E-state index is 12.4. The van der Waals surface area contributed by atoms with Crippen LogP contribution in [-0.4, -0.2) is 71.7 Å². The van der Waals surface area contributed by atoms with Crippen molar-refractivity contribution >= 4 is 29.7 Å². The Balaban J connectivity index is 0.000000304. The van der Waals surface area contributed by atoms with Gasteiger partial charge in [0.25, 0.3) is 0 Å². The molecule has 2 unspecified atom stereocenters. The highest BCUT2D eigenvalue weighted by molar-refractivity contribution is 5.88. The molecular weight excluding hydrogens is 556 g/mol. The Morgan fingerprint density at radius 2 is 1.58 bits per heavy atom. The number of ether oxygens (including phenoxy) is 1. The second-order valence-corrected chi connectivity index (χ2v) is 10.6. The highest BCUT2D eigenvalue weighted by atomic mass is 16.5. The quantitative estimate of drug-likeness (QED) is 0.174. The van der Waals surface area contributed by atoms with Gasteiger partial charge in [-0.1, -0.05) is 74.5 Å². The summed E-state index contributed by atoms with van der Waals surface area (Å²) in [5, 5.41) is 26.6. The van der Waals surface area contributed by atoms with Crippen molar-refractivity contribution in [2.75, 3.05) is 13.6 Å². The summed E-state index contributed by atoms with van der Waals surface area (Å²) in [6, 6.07) is 16.4. The van der Waals surface area contributed by atoms with Crippen LogP contribution in [-0.2, 0) is 35.3 Å². The number of esters is 1. The van der Waals surface area contributed by atoms with Crippen molar-refractivity contribution in [3.63, 3.8) is 0 Å². The number of nitrogens with one attached hydrogen (secondary N) is 3. The van der Waals surface area contributed by atoms with Crippen LogP contribution in [0, 0.1) is 11.8 Å². The number of carbonyl (C=O) groups excluding carboxylic acids is 3. The Labute approximate surface area is 251 Å². The van der Waals surface area contributed by atoms with Gasteiger partial charge in [-0.05, 0) is 43.5 Å². The van der Waals surface area contributed by atoms with Gasteiger partial charge in [0.2, 0.25) is 11.8 Å². The molecule has 234 valence electrons. The molecule has 0 bridgehead atoms. The molecule has 3 rings (SSSR count). The van der Waals surface area contributed by atoms with Gasteiger partial charge in [0.05, 0.1) is 12.0 Å². The number of carbonyl (C=O) groups is 5. The van der Waals surface area contributed by atoms with E-state index in [4.69, 9.17) is 15.6 Å². The summed E-state index contributed by atoms with van der Waals surface area (Å²) in [5.74, 6) is -4.53. The van der Waals surface area contributed by atoms with Crippen LogP contribution in [0.3, 0.4) is 0 Å². The molecule has 0 aliphatic carbocycles. The third kappa shape index (κ3) is 11.1. The Kier molecular flexibility index (Phi) is 14.3.